The third-order valence-electron chi connectivity index (χ3n) is 2.58. The SMILES string of the molecule is CCCn1ccnc1CNc1ccccc1I. The van der Waals surface area contributed by atoms with Crippen molar-refractivity contribution in [3.05, 3.63) is 46.1 Å². The van der Waals surface area contributed by atoms with Gasteiger partial charge in [-0.3, -0.25) is 0 Å². The molecule has 0 atom stereocenters. The molecule has 1 aromatic heterocycles. The maximum Gasteiger partial charge on any atom is 0.128 e. The number of imidazole rings is 1. The summed E-state index contributed by atoms with van der Waals surface area (Å²) in [5, 5.41) is 3.42. The average molecular weight is 341 g/mol. The van der Waals surface area contributed by atoms with Gasteiger partial charge in [-0.2, -0.15) is 0 Å². The lowest BCUT2D eigenvalue weighted by Crippen LogP contribution is -2.08. The minimum absolute atomic E-state index is 0.771. The number of rotatable bonds is 5. The summed E-state index contributed by atoms with van der Waals surface area (Å²) in [6.45, 7) is 3.98. The molecule has 90 valence electrons. The van der Waals surface area contributed by atoms with Crippen LogP contribution in [-0.2, 0) is 13.1 Å². The normalized spacial score (nSPS) is 10.5. The molecule has 4 heteroatoms. The van der Waals surface area contributed by atoms with E-state index in [4.69, 9.17) is 0 Å². The number of para-hydroxylation sites is 1. The number of anilines is 1. The van der Waals surface area contributed by atoms with E-state index in [1.807, 2.05) is 24.5 Å². The summed E-state index contributed by atoms with van der Waals surface area (Å²) in [7, 11) is 0. The van der Waals surface area contributed by atoms with Gasteiger partial charge in [-0.05, 0) is 41.1 Å². The number of aryl methyl sites for hydroxylation is 1. The Kier molecular flexibility index (Phi) is 4.42. The first-order valence-electron chi connectivity index (χ1n) is 5.79. The first-order chi connectivity index (χ1) is 8.31. The fraction of sp³-hybridized carbons (Fsp3) is 0.308. The molecule has 2 aromatic rings. The molecule has 1 aromatic carbocycles. The lowest BCUT2D eigenvalue weighted by atomic mass is 10.3. The highest BCUT2D eigenvalue weighted by Gasteiger charge is 2.03. The lowest BCUT2D eigenvalue weighted by Gasteiger charge is -2.10. The first kappa shape index (κ1) is 12.4. The van der Waals surface area contributed by atoms with E-state index in [-0.39, 0.29) is 0 Å². The summed E-state index contributed by atoms with van der Waals surface area (Å²) in [6.07, 6.45) is 5.03. The van der Waals surface area contributed by atoms with Crippen molar-refractivity contribution in [1.82, 2.24) is 9.55 Å². The van der Waals surface area contributed by atoms with Gasteiger partial charge in [0.25, 0.3) is 0 Å². The lowest BCUT2D eigenvalue weighted by molar-refractivity contribution is 0.644. The fourth-order valence-electron chi connectivity index (χ4n) is 1.73. The van der Waals surface area contributed by atoms with Crippen molar-refractivity contribution in [3.8, 4) is 0 Å². The minimum atomic E-state index is 0.771. The second-order valence-corrected chi connectivity index (χ2v) is 5.03. The molecule has 3 nitrogen and oxygen atoms in total. The third-order valence-corrected chi connectivity index (χ3v) is 3.52. The molecular formula is C13H16IN3. The number of benzene rings is 1. The first-order valence-corrected chi connectivity index (χ1v) is 6.87. The maximum absolute atomic E-state index is 4.38. The van der Waals surface area contributed by atoms with Gasteiger partial charge in [0.1, 0.15) is 5.82 Å². The quantitative estimate of drug-likeness (QED) is 0.844. The van der Waals surface area contributed by atoms with Gasteiger partial charge in [0.2, 0.25) is 0 Å². The largest absolute Gasteiger partial charge is 0.377 e. The van der Waals surface area contributed by atoms with E-state index in [0.29, 0.717) is 0 Å². The molecule has 2 rings (SSSR count). The molecule has 0 fully saturated rings. The average Bonchev–Trinajstić information content (AvgIpc) is 2.76. The van der Waals surface area contributed by atoms with E-state index in [1.54, 1.807) is 0 Å². The zero-order valence-corrected chi connectivity index (χ0v) is 12.0. The van der Waals surface area contributed by atoms with Gasteiger partial charge in [-0.1, -0.05) is 19.1 Å². The number of nitrogens with zero attached hydrogens (tertiary/aromatic N) is 2. The molecule has 0 spiro atoms. The smallest absolute Gasteiger partial charge is 0.128 e. The second-order valence-electron chi connectivity index (χ2n) is 3.87. The number of hydrogen-bond acceptors (Lipinski definition) is 2. The minimum Gasteiger partial charge on any atom is -0.377 e. The zero-order chi connectivity index (χ0) is 12.1. The van der Waals surface area contributed by atoms with Crippen molar-refractivity contribution in [1.29, 1.82) is 0 Å². The van der Waals surface area contributed by atoms with Gasteiger partial charge < -0.3 is 9.88 Å². The van der Waals surface area contributed by atoms with Crippen LogP contribution in [0.4, 0.5) is 5.69 Å². The molecule has 1 heterocycles. The van der Waals surface area contributed by atoms with Crippen molar-refractivity contribution < 1.29 is 0 Å². The summed E-state index contributed by atoms with van der Waals surface area (Å²) in [5.41, 5.74) is 1.17. The van der Waals surface area contributed by atoms with E-state index >= 15 is 0 Å². The third kappa shape index (κ3) is 3.21. The van der Waals surface area contributed by atoms with Crippen molar-refractivity contribution >= 4 is 28.3 Å². The van der Waals surface area contributed by atoms with Gasteiger partial charge >= 0.3 is 0 Å². The van der Waals surface area contributed by atoms with Crippen LogP contribution in [-0.4, -0.2) is 9.55 Å². The van der Waals surface area contributed by atoms with E-state index in [2.05, 4.69) is 56.5 Å². The predicted molar refractivity (Wildman–Crippen MR) is 79.0 cm³/mol. The molecule has 0 bridgehead atoms. The summed E-state index contributed by atoms with van der Waals surface area (Å²) >= 11 is 2.34. The Bertz CT molecular complexity index is 479. The van der Waals surface area contributed by atoms with E-state index in [0.717, 1.165) is 25.3 Å². The zero-order valence-electron chi connectivity index (χ0n) is 9.86. The number of nitrogens with one attached hydrogen (secondary N) is 1. The Labute approximate surface area is 115 Å². The molecule has 0 amide bonds. The molecule has 0 aliphatic carbocycles. The topological polar surface area (TPSA) is 29.9 Å². The summed E-state index contributed by atoms with van der Waals surface area (Å²) < 4.78 is 3.43. The number of hydrogen-bond donors (Lipinski definition) is 1. The summed E-state index contributed by atoms with van der Waals surface area (Å²) in [4.78, 5) is 4.38. The Morgan fingerprint density at radius 1 is 1.35 bits per heavy atom. The molecule has 0 aliphatic heterocycles. The molecule has 17 heavy (non-hydrogen) atoms. The van der Waals surface area contributed by atoms with Crippen LogP contribution in [0.3, 0.4) is 0 Å². The standard InChI is InChI=1S/C13H16IN3/c1-2-8-17-9-7-15-13(17)10-16-12-6-4-3-5-11(12)14/h3-7,9,16H,2,8,10H2,1H3. The van der Waals surface area contributed by atoms with Crippen molar-refractivity contribution in [2.75, 3.05) is 5.32 Å². The van der Waals surface area contributed by atoms with E-state index < -0.39 is 0 Å². The molecule has 0 saturated heterocycles. The van der Waals surface area contributed by atoms with Crippen molar-refractivity contribution in [2.45, 2.75) is 26.4 Å². The second kappa shape index (κ2) is 6.05. The highest BCUT2D eigenvalue weighted by molar-refractivity contribution is 14.1. The van der Waals surface area contributed by atoms with Crippen LogP contribution in [0.25, 0.3) is 0 Å². The van der Waals surface area contributed by atoms with Gasteiger partial charge in [0.05, 0.1) is 6.54 Å². The Morgan fingerprint density at radius 2 is 2.18 bits per heavy atom. The molecule has 0 saturated carbocycles. The van der Waals surface area contributed by atoms with Crippen molar-refractivity contribution in [2.24, 2.45) is 0 Å². The van der Waals surface area contributed by atoms with E-state index in [1.165, 1.54) is 9.26 Å². The molecule has 0 unspecified atom stereocenters. The van der Waals surface area contributed by atoms with Crippen LogP contribution in [0.2, 0.25) is 0 Å². The van der Waals surface area contributed by atoms with Gasteiger partial charge in [-0.15, -0.1) is 0 Å². The van der Waals surface area contributed by atoms with Gasteiger partial charge in [0.15, 0.2) is 0 Å². The van der Waals surface area contributed by atoms with Crippen LogP contribution in [0.1, 0.15) is 19.2 Å². The monoisotopic (exact) mass is 341 g/mol. The Balaban J connectivity index is 2.02. The number of aromatic nitrogens is 2. The predicted octanol–water partition coefficient (Wildman–Crippen LogP) is 3.51. The van der Waals surface area contributed by atoms with Gasteiger partial charge in [0, 0.05) is 28.2 Å². The van der Waals surface area contributed by atoms with Crippen molar-refractivity contribution in [3.63, 3.8) is 0 Å². The van der Waals surface area contributed by atoms with Crippen LogP contribution >= 0.6 is 22.6 Å². The van der Waals surface area contributed by atoms with E-state index in [9.17, 15) is 0 Å². The summed E-state index contributed by atoms with van der Waals surface area (Å²) in [5.74, 6) is 1.09. The highest BCUT2D eigenvalue weighted by Crippen LogP contribution is 2.17. The molecule has 1 N–H and O–H groups in total. The number of halogens is 1. The molecular weight excluding hydrogens is 325 g/mol. The Hall–Kier alpha value is -1.04. The summed E-state index contributed by atoms with van der Waals surface area (Å²) in [6, 6.07) is 8.28. The van der Waals surface area contributed by atoms with Crippen LogP contribution in [0.5, 0.6) is 0 Å². The van der Waals surface area contributed by atoms with Crippen LogP contribution < -0.4 is 5.32 Å². The highest BCUT2D eigenvalue weighted by atomic mass is 127. The van der Waals surface area contributed by atoms with Crippen LogP contribution in [0.15, 0.2) is 36.7 Å². The maximum atomic E-state index is 4.38. The van der Waals surface area contributed by atoms with Gasteiger partial charge in [-0.25, -0.2) is 4.98 Å². The fourth-order valence-corrected chi connectivity index (χ4v) is 2.31. The molecule has 0 radical (unpaired) electrons. The molecule has 0 aliphatic rings. The van der Waals surface area contributed by atoms with Crippen LogP contribution in [0, 0.1) is 3.57 Å². The Morgan fingerprint density at radius 3 is 2.94 bits per heavy atom.